The van der Waals surface area contributed by atoms with Crippen molar-refractivity contribution >= 4 is 17.1 Å². The van der Waals surface area contributed by atoms with E-state index in [1.807, 2.05) is 36.6 Å². The molecule has 25 heavy (non-hydrogen) atoms. The highest BCUT2D eigenvalue weighted by molar-refractivity contribution is 7.12. The lowest BCUT2D eigenvalue weighted by Gasteiger charge is -2.18. The number of ketones is 1. The van der Waals surface area contributed by atoms with E-state index in [1.165, 1.54) is 16.9 Å². The van der Waals surface area contributed by atoms with Crippen molar-refractivity contribution in [2.45, 2.75) is 34.1 Å². The van der Waals surface area contributed by atoms with Crippen LogP contribution < -0.4 is 0 Å². The molecule has 0 saturated carbocycles. The Morgan fingerprint density at radius 3 is 2.36 bits per heavy atom. The van der Waals surface area contributed by atoms with Crippen molar-refractivity contribution in [2.24, 2.45) is 0 Å². The van der Waals surface area contributed by atoms with Crippen LogP contribution in [0.15, 0.2) is 41.8 Å². The largest absolute Gasteiger partial charge is 0.507 e. The molecule has 0 aliphatic carbocycles. The van der Waals surface area contributed by atoms with E-state index >= 15 is 0 Å². The van der Waals surface area contributed by atoms with Crippen LogP contribution in [0, 0.1) is 13.8 Å². The molecule has 3 heteroatoms. The number of carbonyl (C=O) groups excluding carboxylic acids is 1. The third kappa shape index (κ3) is 3.12. The highest BCUT2D eigenvalue weighted by atomic mass is 32.1. The van der Waals surface area contributed by atoms with Crippen molar-refractivity contribution in [1.82, 2.24) is 0 Å². The van der Waals surface area contributed by atoms with E-state index in [1.54, 1.807) is 6.92 Å². The van der Waals surface area contributed by atoms with Gasteiger partial charge in [0.15, 0.2) is 5.78 Å². The Labute approximate surface area is 152 Å². The topological polar surface area (TPSA) is 37.3 Å². The number of benzene rings is 2. The molecule has 0 bridgehead atoms. The van der Waals surface area contributed by atoms with Gasteiger partial charge in [-0.15, -0.1) is 11.3 Å². The monoisotopic (exact) mass is 350 g/mol. The molecule has 128 valence electrons. The normalized spacial score (nSPS) is 10.9. The van der Waals surface area contributed by atoms with E-state index in [2.05, 4.69) is 26.0 Å². The first-order chi connectivity index (χ1) is 11.9. The zero-order chi connectivity index (χ0) is 18.1. The minimum atomic E-state index is 0.0534. The maximum absolute atomic E-state index is 12.1. The summed E-state index contributed by atoms with van der Waals surface area (Å²) in [6.07, 6.45) is 0.977. The Kier molecular flexibility index (Phi) is 4.78. The summed E-state index contributed by atoms with van der Waals surface area (Å²) in [6.45, 7) is 7.76. The molecule has 2 aromatic carbocycles. The van der Waals surface area contributed by atoms with Gasteiger partial charge in [0.25, 0.3) is 0 Å². The molecule has 0 unspecified atom stereocenters. The number of Topliss-reactive ketones (excluding diaryl/α,β-unsaturated/α-hetero) is 1. The van der Waals surface area contributed by atoms with Crippen molar-refractivity contribution < 1.29 is 9.90 Å². The van der Waals surface area contributed by atoms with Crippen LogP contribution in [0.2, 0.25) is 0 Å². The smallest absolute Gasteiger partial charge is 0.170 e. The third-order valence-electron chi connectivity index (χ3n) is 4.73. The van der Waals surface area contributed by atoms with Gasteiger partial charge in [0.1, 0.15) is 5.75 Å². The lowest BCUT2D eigenvalue weighted by Crippen LogP contribution is -1.97. The predicted octanol–water partition coefficient (Wildman–Crippen LogP) is 6.17. The van der Waals surface area contributed by atoms with E-state index < -0.39 is 0 Å². The summed E-state index contributed by atoms with van der Waals surface area (Å²) in [5, 5.41) is 12.7. The fraction of sp³-hybridized carbons (Fsp3) is 0.227. The van der Waals surface area contributed by atoms with Gasteiger partial charge in [0.2, 0.25) is 0 Å². The Hall–Kier alpha value is -2.39. The van der Waals surface area contributed by atoms with Crippen LogP contribution in [0.25, 0.3) is 22.3 Å². The molecule has 1 heterocycles. The molecule has 0 radical (unpaired) electrons. The maximum atomic E-state index is 12.1. The number of thiophene rings is 1. The molecule has 3 rings (SSSR count). The summed E-state index contributed by atoms with van der Waals surface area (Å²) >= 11 is 1.45. The minimum Gasteiger partial charge on any atom is -0.507 e. The average Bonchev–Trinajstić information content (AvgIpc) is 3.07. The highest BCUT2D eigenvalue weighted by Gasteiger charge is 2.21. The average molecular weight is 350 g/mol. The molecule has 0 atom stereocenters. The number of hydrogen-bond acceptors (Lipinski definition) is 3. The van der Waals surface area contributed by atoms with Crippen LogP contribution >= 0.6 is 11.3 Å². The molecule has 0 aliphatic rings. The van der Waals surface area contributed by atoms with Gasteiger partial charge in [-0.1, -0.05) is 31.2 Å². The van der Waals surface area contributed by atoms with Gasteiger partial charge in [0, 0.05) is 11.1 Å². The highest BCUT2D eigenvalue weighted by Crippen LogP contribution is 2.44. The van der Waals surface area contributed by atoms with Crippen LogP contribution in [0.4, 0.5) is 0 Å². The molecule has 3 aromatic rings. The number of rotatable bonds is 4. The summed E-state index contributed by atoms with van der Waals surface area (Å²) in [6, 6.07) is 12.1. The molecular weight excluding hydrogens is 328 g/mol. The van der Waals surface area contributed by atoms with E-state index in [0.29, 0.717) is 0 Å². The molecular formula is C22H22O2S. The number of aryl methyl sites for hydroxylation is 2. The predicted molar refractivity (Wildman–Crippen MR) is 106 cm³/mol. The second kappa shape index (κ2) is 6.85. The van der Waals surface area contributed by atoms with E-state index in [-0.39, 0.29) is 11.5 Å². The SMILES string of the molecule is CCc1ccc(-c2c(O)cc(C)c(C)c2-c2ccsc2C(C)=O)cc1. The van der Waals surface area contributed by atoms with Gasteiger partial charge in [-0.25, -0.2) is 0 Å². The number of carbonyl (C=O) groups is 1. The summed E-state index contributed by atoms with van der Waals surface area (Å²) in [7, 11) is 0. The van der Waals surface area contributed by atoms with Crippen LogP contribution in [0.5, 0.6) is 5.75 Å². The molecule has 2 nitrogen and oxygen atoms in total. The molecule has 1 aromatic heterocycles. The van der Waals surface area contributed by atoms with Crippen LogP contribution in [0.3, 0.4) is 0 Å². The van der Waals surface area contributed by atoms with E-state index in [0.717, 1.165) is 44.7 Å². The fourth-order valence-electron chi connectivity index (χ4n) is 3.21. The Balaban J connectivity index is 2.33. The van der Waals surface area contributed by atoms with Gasteiger partial charge < -0.3 is 5.11 Å². The quantitative estimate of drug-likeness (QED) is 0.571. The second-order valence-corrected chi connectivity index (χ2v) is 7.27. The fourth-order valence-corrected chi connectivity index (χ4v) is 4.02. The standard InChI is InChI=1S/C22H22O2S/c1-5-16-6-8-17(9-7-16)21-19(24)12-13(2)14(3)20(21)18-10-11-25-22(18)15(4)23/h6-12,24H,5H2,1-4H3. The number of phenols is 1. The Morgan fingerprint density at radius 2 is 1.76 bits per heavy atom. The molecule has 1 N–H and O–H groups in total. The number of hydrogen-bond donors (Lipinski definition) is 1. The maximum Gasteiger partial charge on any atom is 0.170 e. The first-order valence-electron chi connectivity index (χ1n) is 8.45. The van der Waals surface area contributed by atoms with Crippen molar-refractivity contribution in [2.75, 3.05) is 0 Å². The lowest BCUT2D eigenvalue weighted by atomic mass is 9.87. The first-order valence-corrected chi connectivity index (χ1v) is 9.33. The van der Waals surface area contributed by atoms with Gasteiger partial charge in [0.05, 0.1) is 4.88 Å². The van der Waals surface area contributed by atoms with Crippen LogP contribution in [0.1, 0.15) is 40.2 Å². The second-order valence-electron chi connectivity index (χ2n) is 6.36. The van der Waals surface area contributed by atoms with Crippen LogP contribution in [-0.4, -0.2) is 10.9 Å². The van der Waals surface area contributed by atoms with E-state index in [9.17, 15) is 9.90 Å². The molecule has 0 fully saturated rings. The molecule has 0 saturated heterocycles. The van der Waals surface area contributed by atoms with Gasteiger partial charge in [-0.05, 0) is 72.5 Å². The van der Waals surface area contributed by atoms with Crippen molar-refractivity contribution in [3.05, 3.63) is 63.3 Å². The first kappa shape index (κ1) is 17.4. The van der Waals surface area contributed by atoms with Gasteiger partial charge in [-0.3, -0.25) is 4.79 Å². The zero-order valence-corrected chi connectivity index (χ0v) is 15.8. The molecule has 0 amide bonds. The van der Waals surface area contributed by atoms with Crippen LogP contribution in [-0.2, 0) is 6.42 Å². The number of aromatic hydroxyl groups is 1. The summed E-state index contributed by atoms with van der Waals surface area (Å²) in [5.74, 6) is 0.306. The zero-order valence-electron chi connectivity index (χ0n) is 15.0. The van der Waals surface area contributed by atoms with Crippen molar-refractivity contribution in [3.63, 3.8) is 0 Å². The molecule has 0 aliphatic heterocycles. The van der Waals surface area contributed by atoms with Gasteiger partial charge in [-0.2, -0.15) is 0 Å². The third-order valence-corrected chi connectivity index (χ3v) is 5.75. The summed E-state index contributed by atoms with van der Waals surface area (Å²) in [4.78, 5) is 12.8. The van der Waals surface area contributed by atoms with E-state index in [4.69, 9.17) is 0 Å². The van der Waals surface area contributed by atoms with Crippen molar-refractivity contribution in [1.29, 1.82) is 0 Å². The number of phenolic OH excluding ortho intramolecular Hbond substituents is 1. The molecule has 0 spiro atoms. The minimum absolute atomic E-state index is 0.0534. The van der Waals surface area contributed by atoms with Gasteiger partial charge >= 0.3 is 0 Å². The summed E-state index contributed by atoms with van der Waals surface area (Å²) < 4.78 is 0. The van der Waals surface area contributed by atoms with Crippen molar-refractivity contribution in [3.8, 4) is 28.0 Å². The lowest BCUT2D eigenvalue weighted by molar-refractivity contribution is 0.102. The Bertz CT molecular complexity index is 933. The Morgan fingerprint density at radius 1 is 1.08 bits per heavy atom. The summed E-state index contributed by atoms with van der Waals surface area (Å²) in [5.41, 5.74) is 6.99.